The number of aromatic nitrogens is 3. The minimum Gasteiger partial charge on any atom is -0.218 e. The molecule has 0 aliphatic carbocycles. The predicted molar refractivity (Wildman–Crippen MR) is 113 cm³/mol. The number of benzene rings is 3. The monoisotopic (exact) mass is 387 g/mol. The summed E-state index contributed by atoms with van der Waals surface area (Å²) in [5.74, 6) is 0. The Balaban J connectivity index is 1.72. The van der Waals surface area contributed by atoms with Gasteiger partial charge in [0.1, 0.15) is 0 Å². The topological polar surface area (TPSA) is 30.7 Å². The summed E-state index contributed by atoms with van der Waals surface area (Å²) in [6.07, 6.45) is 0. The van der Waals surface area contributed by atoms with Crippen molar-refractivity contribution in [2.75, 3.05) is 0 Å². The van der Waals surface area contributed by atoms with E-state index in [0.717, 1.165) is 37.9 Å². The molecule has 0 fully saturated rings. The highest BCUT2D eigenvalue weighted by molar-refractivity contribution is 7.20. The fraction of sp³-hybridized carbons (Fsp3) is 0. The highest BCUT2D eigenvalue weighted by atomic mass is 35.5. The van der Waals surface area contributed by atoms with Crippen molar-refractivity contribution in [3.05, 3.63) is 90.0 Å². The molecule has 27 heavy (non-hydrogen) atoms. The zero-order chi connectivity index (χ0) is 18.2. The molecule has 3 nitrogen and oxygen atoms in total. The number of hydrogen-bond acceptors (Lipinski definition) is 3. The molecule has 0 unspecified atom stereocenters. The third kappa shape index (κ3) is 3.03. The molecule has 0 aliphatic heterocycles. The van der Waals surface area contributed by atoms with Crippen molar-refractivity contribution in [3.8, 4) is 27.6 Å². The summed E-state index contributed by atoms with van der Waals surface area (Å²) in [5.41, 5.74) is 5.02. The van der Waals surface area contributed by atoms with Crippen LogP contribution in [0.2, 0.25) is 5.02 Å². The minimum atomic E-state index is 0.716. The number of hydrogen-bond donors (Lipinski definition) is 0. The van der Waals surface area contributed by atoms with E-state index in [0.29, 0.717) is 5.02 Å². The number of nitrogens with zero attached hydrogens (tertiary/aromatic N) is 3. The molecule has 0 atom stereocenters. The van der Waals surface area contributed by atoms with Crippen molar-refractivity contribution < 1.29 is 0 Å². The standard InChI is InChI=1S/C22H14ClN3S/c23-17-12-10-16(11-13-17)20-14-19(15-6-2-1-3-7-15)25-26(20)22-24-18-8-4-5-9-21(18)27-22/h1-14H. The van der Waals surface area contributed by atoms with Crippen molar-refractivity contribution in [1.29, 1.82) is 0 Å². The number of thiazole rings is 1. The Hall–Kier alpha value is -2.95. The maximum atomic E-state index is 6.08. The number of para-hydroxylation sites is 1. The fourth-order valence-electron chi connectivity index (χ4n) is 3.05. The van der Waals surface area contributed by atoms with E-state index in [9.17, 15) is 0 Å². The van der Waals surface area contributed by atoms with Crippen LogP contribution in [0.15, 0.2) is 84.9 Å². The van der Waals surface area contributed by atoms with Crippen LogP contribution in [-0.2, 0) is 0 Å². The molecule has 2 heterocycles. The van der Waals surface area contributed by atoms with Crippen LogP contribution in [-0.4, -0.2) is 14.8 Å². The Bertz CT molecular complexity index is 1190. The van der Waals surface area contributed by atoms with Gasteiger partial charge >= 0.3 is 0 Å². The van der Waals surface area contributed by atoms with Crippen molar-refractivity contribution in [2.24, 2.45) is 0 Å². The smallest absolute Gasteiger partial charge is 0.212 e. The number of rotatable bonds is 3. The average molecular weight is 388 g/mol. The van der Waals surface area contributed by atoms with E-state index in [2.05, 4.69) is 24.3 Å². The molecule has 5 rings (SSSR count). The first kappa shape index (κ1) is 16.2. The van der Waals surface area contributed by atoms with Crippen LogP contribution < -0.4 is 0 Å². The Morgan fingerprint density at radius 3 is 2.30 bits per heavy atom. The Labute approximate surface area is 165 Å². The molecule has 5 heteroatoms. The van der Waals surface area contributed by atoms with Gasteiger partial charge in [-0.3, -0.25) is 0 Å². The average Bonchev–Trinajstić information content (AvgIpc) is 3.33. The van der Waals surface area contributed by atoms with Crippen molar-refractivity contribution in [2.45, 2.75) is 0 Å². The highest BCUT2D eigenvalue weighted by Gasteiger charge is 2.16. The zero-order valence-electron chi connectivity index (χ0n) is 14.2. The first-order valence-electron chi connectivity index (χ1n) is 8.55. The highest BCUT2D eigenvalue weighted by Crippen LogP contribution is 2.32. The van der Waals surface area contributed by atoms with Crippen LogP contribution >= 0.6 is 22.9 Å². The van der Waals surface area contributed by atoms with Crippen LogP contribution in [0.25, 0.3) is 37.9 Å². The largest absolute Gasteiger partial charge is 0.218 e. The lowest BCUT2D eigenvalue weighted by Gasteiger charge is -2.04. The Morgan fingerprint density at radius 1 is 0.778 bits per heavy atom. The minimum absolute atomic E-state index is 0.716. The molecule has 0 saturated heterocycles. The van der Waals surface area contributed by atoms with E-state index in [1.165, 1.54) is 0 Å². The number of halogens is 1. The van der Waals surface area contributed by atoms with Crippen LogP contribution in [0, 0.1) is 0 Å². The fourth-order valence-corrected chi connectivity index (χ4v) is 4.11. The lowest BCUT2D eigenvalue weighted by molar-refractivity contribution is 0.884. The molecule has 0 saturated carbocycles. The van der Waals surface area contributed by atoms with Gasteiger partial charge in [0.2, 0.25) is 5.13 Å². The normalized spacial score (nSPS) is 11.1. The molecule has 0 radical (unpaired) electrons. The molecular weight excluding hydrogens is 374 g/mol. The Morgan fingerprint density at radius 2 is 1.52 bits per heavy atom. The van der Waals surface area contributed by atoms with Crippen LogP contribution in [0.3, 0.4) is 0 Å². The number of fused-ring (bicyclic) bond motifs is 1. The third-order valence-electron chi connectivity index (χ3n) is 4.38. The second-order valence-electron chi connectivity index (χ2n) is 6.16. The SMILES string of the molecule is Clc1ccc(-c2cc(-c3ccccc3)nn2-c2nc3ccccc3s2)cc1. The first-order chi connectivity index (χ1) is 13.3. The maximum Gasteiger partial charge on any atom is 0.212 e. The summed E-state index contributed by atoms with van der Waals surface area (Å²) >= 11 is 7.71. The molecule has 5 aromatic rings. The summed E-state index contributed by atoms with van der Waals surface area (Å²) in [6.45, 7) is 0. The van der Waals surface area contributed by atoms with Crippen LogP contribution in [0.4, 0.5) is 0 Å². The van der Waals surface area contributed by atoms with E-state index in [4.69, 9.17) is 21.7 Å². The van der Waals surface area contributed by atoms with Gasteiger partial charge in [-0.15, -0.1) is 0 Å². The van der Waals surface area contributed by atoms with Crippen molar-refractivity contribution in [1.82, 2.24) is 14.8 Å². The Kier molecular flexibility index (Phi) is 4.00. The van der Waals surface area contributed by atoms with E-state index in [1.807, 2.05) is 65.3 Å². The van der Waals surface area contributed by atoms with Crippen molar-refractivity contribution >= 4 is 33.2 Å². The molecule has 0 spiro atoms. The van der Waals surface area contributed by atoms with E-state index in [-0.39, 0.29) is 0 Å². The predicted octanol–water partition coefficient (Wildman–Crippen LogP) is 6.47. The van der Waals surface area contributed by atoms with Crippen LogP contribution in [0.5, 0.6) is 0 Å². The van der Waals surface area contributed by atoms with Gasteiger partial charge in [-0.05, 0) is 30.3 Å². The van der Waals surface area contributed by atoms with Gasteiger partial charge in [0.15, 0.2) is 0 Å². The molecule has 0 aliphatic rings. The molecular formula is C22H14ClN3S. The van der Waals surface area contributed by atoms with E-state index in [1.54, 1.807) is 11.3 Å². The van der Waals surface area contributed by atoms with Crippen molar-refractivity contribution in [3.63, 3.8) is 0 Å². The quantitative estimate of drug-likeness (QED) is 0.355. The van der Waals surface area contributed by atoms with Gasteiger partial charge < -0.3 is 0 Å². The van der Waals surface area contributed by atoms with Gasteiger partial charge in [-0.2, -0.15) is 5.10 Å². The van der Waals surface area contributed by atoms with Gasteiger partial charge in [-0.1, -0.05) is 77.5 Å². The second kappa shape index (κ2) is 6.65. The van der Waals surface area contributed by atoms with Gasteiger partial charge in [0, 0.05) is 16.1 Å². The molecule has 130 valence electrons. The van der Waals surface area contributed by atoms with E-state index < -0.39 is 0 Å². The van der Waals surface area contributed by atoms with E-state index >= 15 is 0 Å². The molecule has 0 amide bonds. The summed E-state index contributed by atoms with van der Waals surface area (Å²) in [6, 6.07) is 28.2. The summed E-state index contributed by atoms with van der Waals surface area (Å²) in [5, 5.41) is 6.44. The van der Waals surface area contributed by atoms with Gasteiger partial charge in [0.25, 0.3) is 0 Å². The lowest BCUT2D eigenvalue weighted by Crippen LogP contribution is -1.98. The third-order valence-corrected chi connectivity index (χ3v) is 5.65. The first-order valence-corrected chi connectivity index (χ1v) is 9.75. The van der Waals surface area contributed by atoms with Crippen LogP contribution in [0.1, 0.15) is 0 Å². The second-order valence-corrected chi connectivity index (χ2v) is 7.61. The maximum absolute atomic E-state index is 6.08. The van der Waals surface area contributed by atoms with Gasteiger partial charge in [0.05, 0.1) is 21.6 Å². The zero-order valence-corrected chi connectivity index (χ0v) is 15.8. The summed E-state index contributed by atoms with van der Waals surface area (Å²) in [7, 11) is 0. The molecule has 3 aromatic carbocycles. The summed E-state index contributed by atoms with van der Waals surface area (Å²) in [4.78, 5) is 4.79. The molecule has 2 aromatic heterocycles. The molecule has 0 N–H and O–H groups in total. The molecule has 0 bridgehead atoms. The van der Waals surface area contributed by atoms with Gasteiger partial charge in [-0.25, -0.2) is 9.67 Å². The lowest BCUT2D eigenvalue weighted by atomic mass is 10.1. The summed E-state index contributed by atoms with van der Waals surface area (Å²) < 4.78 is 3.07.